The van der Waals surface area contributed by atoms with E-state index >= 15 is 0 Å². The van der Waals surface area contributed by atoms with Crippen molar-refractivity contribution in [2.24, 2.45) is 10.9 Å². The first-order chi connectivity index (χ1) is 8.81. The average molecular weight is 243 g/mol. The monoisotopic (exact) mass is 243 g/mol. The van der Waals surface area contributed by atoms with Crippen molar-refractivity contribution in [1.29, 1.82) is 0 Å². The summed E-state index contributed by atoms with van der Waals surface area (Å²) in [6.45, 7) is 0. The van der Waals surface area contributed by atoms with E-state index in [0.29, 0.717) is 5.69 Å². The lowest BCUT2D eigenvalue weighted by atomic mass is 10.2. The van der Waals surface area contributed by atoms with Crippen molar-refractivity contribution in [1.82, 2.24) is 14.5 Å². The molecule has 0 saturated heterocycles. The van der Waals surface area contributed by atoms with Crippen LogP contribution in [-0.2, 0) is 12.8 Å². The number of aromatic nitrogens is 3. The van der Waals surface area contributed by atoms with Crippen LogP contribution < -0.4 is 5.73 Å². The summed E-state index contributed by atoms with van der Waals surface area (Å²) < 4.78 is 1.83. The van der Waals surface area contributed by atoms with Gasteiger partial charge in [-0.15, -0.1) is 0 Å². The van der Waals surface area contributed by atoms with Gasteiger partial charge in [-0.3, -0.25) is 4.57 Å². The van der Waals surface area contributed by atoms with E-state index in [4.69, 9.17) is 10.9 Å². The van der Waals surface area contributed by atoms with E-state index in [9.17, 15) is 0 Å². The fraction of sp³-hybridized carbons (Fsp3) is 0.250. The molecule has 0 atom stereocenters. The molecule has 18 heavy (non-hydrogen) atoms. The minimum atomic E-state index is 0.0744. The smallest absolute Gasteiger partial charge is 0.187 e. The molecule has 0 bridgehead atoms. The van der Waals surface area contributed by atoms with E-state index in [1.807, 2.05) is 16.8 Å². The van der Waals surface area contributed by atoms with Crippen LogP contribution in [0.15, 0.2) is 29.8 Å². The molecule has 3 N–H and O–H groups in total. The van der Waals surface area contributed by atoms with E-state index in [2.05, 4.69) is 15.1 Å². The molecule has 2 aromatic rings. The van der Waals surface area contributed by atoms with E-state index in [0.717, 1.165) is 36.3 Å². The Morgan fingerprint density at radius 1 is 1.39 bits per heavy atom. The molecule has 6 heteroatoms. The normalized spacial score (nSPS) is 14.8. The third-order valence-electron chi connectivity index (χ3n) is 3.20. The lowest BCUT2D eigenvalue weighted by Crippen LogP contribution is -2.18. The fourth-order valence-electron chi connectivity index (χ4n) is 2.38. The lowest BCUT2D eigenvalue weighted by molar-refractivity contribution is 0.318. The summed E-state index contributed by atoms with van der Waals surface area (Å²) in [6.07, 6.45) is 6.48. The first-order valence-corrected chi connectivity index (χ1v) is 5.79. The summed E-state index contributed by atoms with van der Waals surface area (Å²) in [6, 6.07) is 3.63. The number of rotatable bonds is 2. The van der Waals surface area contributed by atoms with Crippen LogP contribution in [0.3, 0.4) is 0 Å². The molecule has 6 nitrogen and oxygen atoms in total. The number of oxime groups is 1. The molecule has 1 aliphatic carbocycles. The van der Waals surface area contributed by atoms with Gasteiger partial charge in [-0.1, -0.05) is 5.16 Å². The summed E-state index contributed by atoms with van der Waals surface area (Å²) in [4.78, 5) is 8.62. The summed E-state index contributed by atoms with van der Waals surface area (Å²) in [5.74, 6) is 0.898. The van der Waals surface area contributed by atoms with Crippen molar-refractivity contribution in [2.45, 2.75) is 19.3 Å². The van der Waals surface area contributed by atoms with Gasteiger partial charge in [-0.25, -0.2) is 9.97 Å². The van der Waals surface area contributed by atoms with Crippen LogP contribution in [0.4, 0.5) is 0 Å². The third-order valence-corrected chi connectivity index (χ3v) is 3.20. The molecule has 2 heterocycles. The van der Waals surface area contributed by atoms with Gasteiger partial charge in [0.2, 0.25) is 0 Å². The summed E-state index contributed by atoms with van der Waals surface area (Å²) in [7, 11) is 0. The molecule has 0 amide bonds. The second-order valence-electron chi connectivity index (χ2n) is 4.22. The van der Waals surface area contributed by atoms with Gasteiger partial charge in [0.1, 0.15) is 12.1 Å². The second kappa shape index (κ2) is 4.14. The molecule has 92 valence electrons. The molecule has 0 spiro atoms. The Hall–Kier alpha value is -2.37. The first-order valence-electron chi connectivity index (χ1n) is 5.79. The molecule has 0 aromatic carbocycles. The van der Waals surface area contributed by atoms with Crippen LogP contribution in [-0.4, -0.2) is 25.6 Å². The van der Waals surface area contributed by atoms with Crippen LogP contribution >= 0.6 is 0 Å². The molecular formula is C12H13N5O. The van der Waals surface area contributed by atoms with Crippen LogP contribution in [0.25, 0.3) is 5.82 Å². The molecular weight excluding hydrogens is 230 g/mol. The minimum Gasteiger partial charge on any atom is -0.409 e. The number of nitrogens with two attached hydrogens (primary N) is 1. The molecule has 0 aliphatic heterocycles. The molecule has 0 fully saturated rings. The lowest BCUT2D eigenvalue weighted by Gasteiger charge is -2.10. The van der Waals surface area contributed by atoms with Gasteiger partial charge in [0, 0.05) is 17.5 Å². The number of amidine groups is 1. The van der Waals surface area contributed by atoms with Gasteiger partial charge in [-0.2, -0.15) is 0 Å². The van der Waals surface area contributed by atoms with E-state index in [1.165, 1.54) is 0 Å². The maximum Gasteiger partial charge on any atom is 0.187 e. The highest BCUT2D eigenvalue weighted by molar-refractivity contribution is 5.96. The van der Waals surface area contributed by atoms with Gasteiger partial charge >= 0.3 is 0 Å². The SMILES string of the molecule is N/C(=N/O)c1cccn1-c1ncnc2c1CCC2. The average Bonchev–Trinajstić information content (AvgIpc) is 3.05. The number of aryl methyl sites for hydroxylation is 1. The maximum absolute atomic E-state index is 8.79. The molecule has 0 radical (unpaired) electrons. The molecule has 3 rings (SSSR count). The number of hydrogen-bond donors (Lipinski definition) is 2. The zero-order valence-electron chi connectivity index (χ0n) is 9.74. The predicted molar refractivity (Wildman–Crippen MR) is 65.9 cm³/mol. The predicted octanol–water partition coefficient (Wildman–Crippen LogP) is 0.850. The van der Waals surface area contributed by atoms with E-state index in [-0.39, 0.29) is 5.84 Å². The van der Waals surface area contributed by atoms with Crippen LogP contribution in [0.1, 0.15) is 23.4 Å². The standard InChI is InChI=1S/C12H13N5O/c13-11(16-18)10-5-2-6-17(10)12-8-3-1-4-9(8)14-7-15-12/h2,5-7,18H,1,3-4H2,(H2,13,16). The zero-order valence-corrected chi connectivity index (χ0v) is 9.74. The van der Waals surface area contributed by atoms with E-state index in [1.54, 1.807) is 12.4 Å². The second-order valence-corrected chi connectivity index (χ2v) is 4.22. The summed E-state index contributed by atoms with van der Waals surface area (Å²) in [5.41, 5.74) is 8.54. The Morgan fingerprint density at radius 3 is 3.11 bits per heavy atom. The summed E-state index contributed by atoms with van der Waals surface area (Å²) >= 11 is 0. The molecule has 0 unspecified atom stereocenters. The quantitative estimate of drug-likeness (QED) is 0.354. The van der Waals surface area contributed by atoms with Crippen LogP contribution in [0.2, 0.25) is 0 Å². The minimum absolute atomic E-state index is 0.0744. The topological polar surface area (TPSA) is 89.3 Å². The van der Waals surface area contributed by atoms with Gasteiger partial charge in [-0.05, 0) is 31.4 Å². The molecule has 0 saturated carbocycles. The maximum atomic E-state index is 8.79. The third kappa shape index (κ3) is 1.54. The number of nitrogens with zero attached hydrogens (tertiary/aromatic N) is 4. The zero-order chi connectivity index (χ0) is 12.5. The Morgan fingerprint density at radius 2 is 2.28 bits per heavy atom. The van der Waals surface area contributed by atoms with Crippen molar-refractivity contribution >= 4 is 5.84 Å². The Bertz CT molecular complexity index is 617. The fourth-order valence-corrected chi connectivity index (χ4v) is 2.38. The molecule has 2 aromatic heterocycles. The highest BCUT2D eigenvalue weighted by atomic mass is 16.4. The summed E-state index contributed by atoms with van der Waals surface area (Å²) in [5, 5.41) is 11.8. The Kier molecular flexibility index (Phi) is 2.47. The Balaban J connectivity index is 2.17. The van der Waals surface area contributed by atoms with Gasteiger partial charge < -0.3 is 10.9 Å². The highest BCUT2D eigenvalue weighted by Gasteiger charge is 2.19. The molecule has 1 aliphatic rings. The number of hydrogen-bond acceptors (Lipinski definition) is 4. The van der Waals surface area contributed by atoms with Crippen molar-refractivity contribution in [3.8, 4) is 5.82 Å². The van der Waals surface area contributed by atoms with Crippen molar-refractivity contribution in [2.75, 3.05) is 0 Å². The van der Waals surface area contributed by atoms with Crippen molar-refractivity contribution in [3.05, 3.63) is 41.6 Å². The van der Waals surface area contributed by atoms with Gasteiger partial charge in [0.25, 0.3) is 0 Å². The highest BCUT2D eigenvalue weighted by Crippen LogP contribution is 2.25. The largest absolute Gasteiger partial charge is 0.409 e. The first kappa shape index (κ1) is 10.8. The van der Waals surface area contributed by atoms with Crippen molar-refractivity contribution in [3.63, 3.8) is 0 Å². The van der Waals surface area contributed by atoms with Gasteiger partial charge in [0.15, 0.2) is 5.84 Å². The Labute approximate surface area is 104 Å². The van der Waals surface area contributed by atoms with Crippen LogP contribution in [0, 0.1) is 0 Å². The van der Waals surface area contributed by atoms with Crippen molar-refractivity contribution < 1.29 is 5.21 Å². The van der Waals surface area contributed by atoms with E-state index < -0.39 is 0 Å². The van der Waals surface area contributed by atoms with Crippen LogP contribution in [0.5, 0.6) is 0 Å². The number of fused-ring (bicyclic) bond motifs is 1. The van der Waals surface area contributed by atoms with Gasteiger partial charge in [0.05, 0.1) is 5.69 Å².